The van der Waals surface area contributed by atoms with Crippen molar-refractivity contribution < 1.29 is 9.53 Å². The number of hydrogen-bond acceptors (Lipinski definition) is 6. The number of carbonyl (C=O) groups excluding carboxylic acids is 1. The van der Waals surface area contributed by atoms with E-state index in [1.165, 1.54) is 0 Å². The first kappa shape index (κ1) is 15.2. The van der Waals surface area contributed by atoms with E-state index < -0.39 is 0 Å². The molecule has 6 nitrogen and oxygen atoms in total. The van der Waals surface area contributed by atoms with E-state index in [9.17, 15) is 10.1 Å². The van der Waals surface area contributed by atoms with Gasteiger partial charge < -0.3 is 9.64 Å². The Morgan fingerprint density at radius 3 is 2.86 bits per heavy atom. The Morgan fingerprint density at radius 2 is 2.19 bits per heavy atom. The fourth-order valence-corrected chi connectivity index (χ4v) is 2.60. The van der Waals surface area contributed by atoms with Crippen LogP contribution in [0.2, 0.25) is 0 Å². The lowest BCUT2D eigenvalue weighted by Crippen LogP contribution is -2.46. The van der Waals surface area contributed by atoms with Gasteiger partial charge in [0.25, 0.3) is 0 Å². The minimum absolute atomic E-state index is 0.249. The molecule has 1 aromatic rings. The maximum absolute atomic E-state index is 12.1. The van der Waals surface area contributed by atoms with Gasteiger partial charge in [-0.15, -0.1) is 5.10 Å². The van der Waals surface area contributed by atoms with Crippen molar-refractivity contribution in [2.24, 2.45) is 0 Å². The molecule has 0 saturated carbocycles. The highest BCUT2D eigenvalue weighted by Gasteiger charge is 2.33. The van der Waals surface area contributed by atoms with Crippen LogP contribution in [0.5, 0.6) is 0 Å². The molecule has 0 radical (unpaired) electrons. The Labute approximate surface area is 124 Å². The third-order valence-electron chi connectivity index (χ3n) is 3.88. The lowest BCUT2D eigenvalue weighted by molar-refractivity contribution is -0.145. The van der Waals surface area contributed by atoms with E-state index in [0.29, 0.717) is 24.5 Å². The molecule has 0 aromatic carbocycles. The second-order valence-corrected chi connectivity index (χ2v) is 5.18. The normalized spacial score (nSPS) is 18.2. The van der Waals surface area contributed by atoms with Gasteiger partial charge in [-0.25, -0.2) is 4.79 Å². The molecule has 0 bridgehead atoms. The zero-order chi connectivity index (χ0) is 15.4. The number of esters is 1. The first-order valence-electron chi connectivity index (χ1n) is 7.27. The summed E-state index contributed by atoms with van der Waals surface area (Å²) in [6.45, 7) is 6.52. The van der Waals surface area contributed by atoms with E-state index >= 15 is 0 Å². The summed E-state index contributed by atoms with van der Waals surface area (Å²) in [5.74, 6) is 0.250. The van der Waals surface area contributed by atoms with Gasteiger partial charge in [0.2, 0.25) is 0 Å². The number of carbonyl (C=O) groups is 1. The highest BCUT2D eigenvalue weighted by molar-refractivity contribution is 5.80. The van der Waals surface area contributed by atoms with E-state index in [0.717, 1.165) is 30.5 Å². The van der Waals surface area contributed by atoms with Gasteiger partial charge in [0, 0.05) is 6.54 Å². The van der Waals surface area contributed by atoms with Crippen LogP contribution in [0.3, 0.4) is 0 Å². The van der Waals surface area contributed by atoms with Crippen LogP contribution in [-0.4, -0.2) is 35.4 Å². The fourth-order valence-electron chi connectivity index (χ4n) is 2.60. The number of hydrogen-bond donors (Lipinski definition) is 0. The van der Waals surface area contributed by atoms with Gasteiger partial charge in [-0.2, -0.15) is 10.4 Å². The average molecular weight is 288 g/mol. The molecule has 1 fully saturated rings. The van der Waals surface area contributed by atoms with Gasteiger partial charge in [0.15, 0.2) is 5.82 Å². The number of anilines is 1. The van der Waals surface area contributed by atoms with Gasteiger partial charge in [0.1, 0.15) is 17.7 Å². The van der Waals surface area contributed by atoms with Crippen LogP contribution in [0.4, 0.5) is 5.82 Å². The number of rotatable bonds is 3. The predicted molar refractivity (Wildman–Crippen MR) is 77.8 cm³/mol. The molecule has 1 aromatic heterocycles. The number of aryl methyl sites for hydroxylation is 1. The van der Waals surface area contributed by atoms with Gasteiger partial charge in [0.05, 0.1) is 12.3 Å². The van der Waals surface area contributed by atoms with Crippen LogP contribution in [0.25, 0.3) is 0 Å². The molecule has 0 aliphatic carbocycles. The minimum atomic E-state index is -0.373. The molecular weight excluding hydrogens is 268 g/mol. The molecule has 1 aliphatic heterocycles. The number of nitriles is 1. The maximum atomic E-state index is 12.1. The molecule has 6 heteroatoms. The molecule has 1 saturated heterocycles. The van der Waals surface area contributed by atoms with Crippen LogP contribution in [0, 0.1) is 25.2 Å². The standard InChI is InChI=1S/C15H20N4O2/c1-4-21-15(20)13-7-5-6-8-19(13)14-12(9-16)10(2)11(3)17-18-14/h13H,4-8H2,1-3H3. The molecular formula is C15H20N4O2. The van der Waals surface area contributed by atoms with Crippen LogP contribution < -0.4 is 4.90 Å². The van der Waals surface area contributed by atoms with Gasteiger partial charge in [-0.3, -0.25) is 0 Å². The maximum Gasteiger partial charge on any atom is 0.328 e. The van der Waals surface area contributed by atoms with Crippen molar-refractivity contribution in [3.8, 4) is 6.07 Å². The smallest absolute Gasteiger partial charge is 0.328 e. The van der Waals surface area contributed by atoms with E-state index in [1.807, 2.05) is 18.7 Å². The van der Waals surface area contributed by atoms with Crippen molar-refractivity contribution in [3.63, 3.8) is 0 Å². The molecule has 2 heterocycles. The predicted octanol–water partition coefficient (Wildman–Crippen LogP) is 1.89. The van der Waals surface area contributed by atoms with Crippen molar-refractivity contribution in [3.05, 3.63) is 16.8 Å². The van der Waals surface area contributed by atoms with Gasteiger partial charge >= 0.3 is 5.97 Å². The van der Waals surface area contributed by atoms with Crippen LogP contribution >= 0.6 is 0 Å². The monoisotopic (exact) mass is 288 g/mol. The zero-order valence-electron chi connectivity index (χ0n) is 12.7. The lowest BCUT2D eigenvalue weighted by Gasteiger charge is -2.35. The average Bonchev–Trinajstić information content (AvgIpc) is 2.50. The van der Waals surface area contributed by atoms with Gasteiger partial charge in [-0.1, -0.05) is 0 Å². The van der Waals surface area contributed by atoms with Crippen LogP contribution in [-0.2, 0) is 9.53 Å². The number of piperidine rings is 1. The molecule has 2 rings (SSSR count). The highest BCUT2D eigenvalue weighted by Crippen LogP contribution is 2.28. The molecule has 1 aliphatic rings. The SMILES string of the molecule is CCOC(=O)C1CCCCN1c1nnc(C)c(C)c1C#N. The summed E-state index contributed by atoms with van der Waals surface area (Å²) in [5.41, 5.74) is 2.05. The van der Waals surface area contributed by atoms with Crippen molar-refractivity contribution in [2.45, 2.75) is 46.1 Å². The number of nitrogens with zero attached hydrogens (tertiary/aromatic N) is 4. The van der Waals surface area contributed by atoms with E-state index in [1.54, 1.807) is 6.92 Å². The first-order chi connectivity index (χ1) is 10.1. The topological polar surface area (TPSA) is 79.1 Å². The molecule has 21 heavy (non-hydrogen) atoms. The molecule has 0 amide bonds. The molecule has 0 spiro atoms. The van der Waals surface area contributed by atoms with E-state index in [2.05, 4.69) is 16.3 Å². The molecule has 112 valence electrons. The summed E-state index contributed by atoms with van der Waals surface area (Å²) in [6, 6.07) is 1.82. The third-order valence-corrected chi connectivity index (χ3v) is 3.88. The first-order valence-corrected chi connectivity index (χ1v) is 7.27. The number of ether oxygens (including phenoxy) is 1. The summed E-state index contributed by atoms with van der Waals surface area (Å²) >= 11 is 0. The van der Waals surface area contributed by atoms with Crippen molar-refractivity contribution in [2.75, 3.05) is 18.1 Å². The number of aromatic nitrogens is 2. The highest BCUT2D eigenvalue weighted by atomic mass is 16.5. The van der Waals surface area contributed by atoms with Crippen molar-refractivity contribution in [1.82, 2.24) is 10.2 Å². The van der Waals surface area contributed by atoms with E-state index in [4.69, 9.17) is 4.74 Å². The Bertz CT molecular complexity index is 580. The Hall–Kier alpha value is -2.16. The fraction of sp³-hybridized carbons (Fsp3) is 0.600. The molecule has 1 atom stereocenters. The lowest BCUT2D eigenvalue weighted by atomic mass is 10.0. The van der Waals surface area contributed by atoms with E-state index in [-0.39, 0.29) is 12.0 Å². The summed E-state index contributed by atoms with van der Waals surface area (Å²) in [4.78, 5) is 14.0. The Balaban J connectivity index is 2.41. The summed E-state index contributed by atoms with van der Waals surface area (Å²) in [6.07, 6.45) is 2.66. The van der Waals surface area contributed by atoms with Gasteiger partial charge in [-0.05, 0) is 45.6 Å². The third kappa shape index (κ3) is 2.97. The van der Waals surface area contributed by atoms with Crippen LogP contribution in [0.15, 0.2) is 0 Å². The summed E-state index contributed by atoms with van der Waals surface area (Å²) in [5, 5.41) is 17.7. The largest absolute Gasteiger partial charge is 0.464 e. The summed E-state index contributed by atoms with van der Waals surface area (Å²) < 4.78 is 5.15. The minimum Gasteiger partial charge on any atom is -0.464 e. The Morgan fingerprint density at radius 1 is 1.43 bits per heavy atom. The molecule has 0 N–H and O–H groups in total. The summed E-state index contributed by atoms with van der Waals surface area (Å²) in [7, 11) is 0. The van der Waals surface area contributed by atoms with Crippen molar-refractivity contribution in [1.29, 1.82) is 5.26 Å². The second kappa shape index (κ2) is 6.53. The Kier molecular flexibility index (Phi) is 4.73. The zero-order valence-corrected chi connectivity index (χ0v) is 12.7. The van der Waals surface area contributed by atoms with Crippen molar-refractivity contribution >= 4 is 11.8 Å². The van der Waals surface area contributed by atoms with Crippen LogP contribution in [0.1, 0.15) is 43.0 Å². The quantitative estimate of drug-likeness (QED) is 0.790. The molecule has 1 unspecified atom stereocenters. The second-order valence-electron chi connectivity index (χ2n) is 5.18.